The van der Waals surface area contributed by atoms with Gasteiger partial charge in [0.25, 0.3) is 0 Å². The summed E-state index contributed by atoms with van der Waals surface area (Å²) < 4.78 is 5.83. The van der Waals surface area contributed by atoms with E-state index >= 15 is 0 Å². The van der Waals surface area contributed by atoms with E-state index in [1.54, 1.807) is 6.07 Å². The van der Waals surface area contributed by atoms with Crippen LogP contribution < -0.4 is 4.74 Å². The summed E-state index contributed by atoms with van der Waals surface area (Å²) >= 11 is 6.02. The molecule has 0 bridgehead atoms. The van der Waals surface area contributed by atoms with Gasteiger partial charge in [-0.2, -0.15) is 4.98 Å². The fraction of sp³-hybridized carbons (Fsp3) is 0.333. The molecule has 1 saturated carbocycles. The molecule has 0 aliphatic heterocycles. The van der Waals surface area contributed by atoms with E-state index in [0.29, 0.717) is 17.0 Å². The van der Waals surface area contributed by atoms with Gasteiger partial charge in [-0.25, -0.2) is 4.98 Å². The Balaban J connectivity index is 1.89. The number of ether oxygens (including phenoxy) is 1. The van der Waals surface area contributed by atoms with Crippen LogP contribution in [0.15, 0.2) is 24.3 Å². The first-order valence-electron chi connectivity index (χ1n) is 6.41. The van der Waals surface area contributed by atoms with Gasteiger partial charge in [0.05, 0.1) is 0 Å². The predicted molar refractivity (Wildman–Crippen MR) is 75.0 cm³/mol. The van der Waals surface area contributed by atoms with Crippen LogP contribution in [0, 0.1) is 13.8 Å². The van der Waals surface area contributed by atoms with Crippen molar-refractivity contribution in [2.75, 3.05) is 0 Å². The van der Waals surface area contributed by atoms with Gasteiger partial charge < -0.3 is 4.74 Å². The molecule has 98 valence electrons. The maximum atomic E-state index is 6.02. The van der Waals surface area contributed by atoms with Crippen LogP contribution in [0.3, 0.4) is 0 Å². The topological polar surface area (TPSA) is 35.0 Å². The van der Waals surface area contributed by atoms with E-state index in [-0.39, 0.29) is 0 Å². The molecule has 3 rings (SSSR count). The van der Waals surface area contributed by atoms with Crippen LogP contribution in [-0.2, 0) is 0 Å². The van der Waals surface area contributed by atoms with Crippen LogP contribution >= 0.6 is 11.6 Å². The summed E-state index contributed by atoms with van der Waals surface area (Å²) in [4.78, 5) is 8.68. The zero-order chi connectivity index (χ0) is 13.4. The highest BCUT2D eigenvalue weighted by Crippen LogP contribution is 2.39. The minimum atomic E-state index is 0.441. The molecule has 1 aliphatic carbocycles. The Bertz CT molecular complexity index is 624. The lowest BCUT2D eigenvalue weighted by atomic mass is 10.1. The van der Waals surface area contributed by atoms with Crippen molar-refractivity contribution in [2.45, 2.75) is 32.6 Å². The number of hydrogen-bond donors (Lipinski definition) is 0. The standard InChI is InChI=1S/C15H15ClN2O/c1-9-3-6-12(10(2)7-9)19-14-8-13(16)17-15(18-14)11-4-5-11/h3,6-8,11H,4-5H2,1-2H3. The fourth-order valence-electron chi connectivity index (χ4n) is 2.02. The normalized spacial score (nSPS) is 14.5. The number of benzene rings is 1. The maximum absolute atomic E-state index is 6.02. The minimum Gasteiger partial charge on any atom is -0.439 e. The first-order valence-corrected chi connectivity index (χ1v) is 6.79. The number of rotatable bonds is 3. The second-order valence-electron chi connectivity index (χ2n) is 5.03. The lowest BCUT2D eigenvalue weighted by molar-refractivity contribution is 0.455. The summed E-state index contributed by atoms with van der Waals surface area (Å²) in [5.41, 5.74) is 2.30. The molecule has 0 N–H and O–H groups in total. The molecule has 2 aromatic rings. The summed E-state index contributed by atoms with van der Waals surface area (Å²) in [6.07, 6.45) is 2.28. The summed E-state index contributed by atoms with van der Waals surface area (Å²) in [5.74, 6) is 2.59. The van der Waals surface area contributed by atoms with Crippen molar-refractivity contribution >= 4 is 11.6 Å². The molecule has 3 nitrogen and oxygen atoms in total. The summed E-state index contributed by atoms with van der Waals surface area (Å²) in [6, 6.07) is 7.72. The molecule has 1 aromatic carbocycles. The van der Waals surface area contributed by atoms with Gasteiger partial charge in [-0.1, -0.05) is 29.3 Å². The number of hydrogen-bond acceptors (Lipinski definition) is 3. The van der Waals surface area contributed by atoms with Crippen LogP contribution in [0.4, 0.5) is 0 Å². The molecule has 0 amide bonds. The Morgan fingerprint density at radius 2 is 1.95 bits per heavy atom. The molecule has 1 fully saturated rings. The average molecular weight is 275 g/mol. The van der Waals surface area contributed by atoms with Crippen LogP contribution in [0.5, 0.6) is 11.6 Å². The zero-order valence-corrected chi connectivity index (χ0v) is 11.7. The van der Waals surface area contributed by atoms with E-state index in [0.717, 1.165) is 30.0 Å². The van der Waals surface area contributed by atoms with Crippen LogP contribution in [0.25, 0.3) is 0 Å². The van der Waals surface area contributed by atoms with Crippen molar-refractivity contribution in [1.82, 2.24) is 9.97 Å². The molecule has 0 unspecified atom stereocenters. The van der Waals surface area contributed by atoms with Crippen molar-refractivity contribution in [3.63, 3.8) is 0 Å². The number of halogens is 1. The molecule has 0 atom stereocenters. The molecule has 0 saturated heterocycles. The Morgan fingerprint density at radius 3 is 2.63 bits per heavy atom. The van der Waals surface area contributed by atoms with E-state index in [1.165, 1.54) is 5.56 Å². The van der Waals surface area contributed by atoms with Gasteiger partial charge in [0, 0.05) is 12.0 Å². The van der Waals surface area contributed by atoms with Gasteiger partial charge in [0.2, 0.25) is 5.88 Å². The Morgan fingerprint density at radius 1 is 1.16 bits per heavy atom. The molecule has 4 heteroatoms. The van der Waals surface area contributed by atoms with Gasteiger partial charge in [0.1, 0.15) is 16.7 Å². The summed E-state index contributed by atoms with van der Waals surface area (Å²) in [5, 5.41) is 0.441. The third-order valence-electron chi connectivity index (χ3n) is 3.18. The average Bonchev–Trinajstić information content (AvgIpc) is 3.16. The highest BCUT2D eigenvalue weighted by atomic mass is 35.5. The molecule has 1 heterocycles. The molecule has 0 spiro atoms. The Labute approximate surface area is 117 Å². The minimum absolute atomic E-state index is 0.441. The van der Waals surface area contributed by atoms with Crippen molar-refractivity contribution in [3.8, 4) is 11.6 Å². The van der Waals surface area contributed by atoms with Crippen molar-refractivity contribution in [3.05, 3.63) is 46.4 Å². The second kappa shape index (κ2) is 4.82. The lowest BCUT2D eigenvalue weighted by Crippen LogP contribution is -1.97. The molecule has 0 radical (unpaired) electrons. The highest BCUT2D eigenvalue weighted by molar-refractivity contribution is 6.29. The Kier molecular flexibility index (Phi) is 3.15. The fourth-order valence-corrected chi connectivity index (χ4v) is 2.20. The summed E-state index contributed by atoms with van der Waals surface area (Å²) in [7, 11) is 0. The van der Waals surface area contributed by atoms with Gasteiger partial charge in [-0.15, -0.1) is 0 Å². The maximum Gasteiger partial charge on any atom is 0.224 e. The van der Waals surface area contributed by atoms with E-state index in [9.17, 15) is 0 Å². The van der Waals surface area contributed by atoms with Crippen LogP contribution in [0.1, 0.15) is 35.7 Å². The largest absolute Gasteiger partial charge is 0.439 e. The van der Waals surface area contributed by atoms with Crippen LogP contribution in [0.2, 0.25) is 5.15 Å². The zero-order valence-electron chi connectivity index (χ0n) is 11.0. The number of nitrogens with zero attached hydrogens (tertiary/aromatic N) is 2. The lowest BCUT2D eigenvalue weighted by Gasteiger charge is -2.09. The first kappa shape index (κ1) is 12.4. The first-order chi connectivity index (χ1) is 9.11. The molecular formula is C15H15ClN2O. The quantitative estimate of drug-likeness (QED) is 0.777. The molecule has 1 aliphatic rings. The highest BCUT2D eigenvalue weighted by Gasteiger charge is 2.27. The number of aromatic nitrogens is 2. The van der Waals surface area contributed by atoms with E-state index in [4.69, 9.17) is 16.3 Å². The molecule has 1 aromatic heterocycles. The molecule has 19 heavy (non-hydrogen) atoms. The summed E-state index contributed by atoms with van der Waals surface area (Å²) in [6.45, 7) is 4.08. The van der Waals surface area contributed by atoms with Gasteiger partial charge >= 0.3 is 0 Å². The Hall–Kier alpha value is -1.61. The van der Waals surface area contributed by atoms with Gasteiger partial charge in [-0.05, 0) is 38.3 Å². The smallest absolute Gasteiger partial charge is 0.224 e. The monoisotopic (exact) mass is 274 g/mol. The van der Waals surface area contributed by atoms with Gasteiger partial charge in [0.15, 0.2) is 0 Å². The predicted octanol–water partition coefficient (Wildman–Crippen LogP) is 4.42. The van der Waals surface area contributed by atoms with Crippen molar-refractivity contribution in [2.24, 2.45) is 0 Å². The van der Waals surface area contributed by atoms with Gasteiger partial charge in [-0.3, -0.25) is 0 Å². The van der Waals surface area contributed by atoms with Crippen molar-refractivity contribution < 1.29 is 4.74 Å². The van der Waals surface area contributed by atoms with Crippen LogP contribution in [-0.4, -0.2) is 9.97 Å². The SMILES string of the molecule is Cc1ccc(Oc2cc(Cl)nc(C3CC3)n2)c(C)c1. The third kappa shape index (κ3) is 2.87. The number of aryl methyl sites for hydroxylation is 2. The van der Waals surface area contributed by atoms with Crippen molar-refractivity contribution in [1.29, 1.82) is 0 Å². The van der Waals surface area contributed by atoms with E-state index in [2.05, 4.69) is 23.0 Å². The molecular weight excluding hydrogens is 260 g/mol. The van der Waals surface area contributed by atoms with E-state index in [1.807, 2.05) is 19.1 Å². The van der Waals surface area contributed by atoms with E-state index < -0.39 is 0 Å². The second-order valence-corrected chi connectivity index (χ2v) is 5.42. The third-order valence-corrected chi connectivity index (χ3v) is 3.37.